The van der Waals surface area contributed by atoms with E-state index in [1.54, 1.807) is 0 Å². The highest BCUT2D eigenvalue weighted by atomic mass is 32.2. The summed E-state index contributed by atoms with van der Waals surface area (Å²) in [5, 5.41) is 21.3. The second-order valence-electron chi connectivity index (χ2n) is 14.3. The van der Waals surface area contributed by atoms with Crippen LogP contribution >= 0.6 is 0 Å². The fraction of sp³-hybridized carbons (Fsp3) is 0.806. The van der Waals surface area contributed by atoms with Gasteiger partial charge < -0.3 is 15.4 Å². The normalized spacial score (nSPS) is 27.9. The number of benzene rings is 1. The van der Waals surface area contributed by atoms with Gasteiger partial charge in [0.1, 0.15) is 0 Å². The van der Waals surface area contributed by atoms with Crippen molar-refractivity contribution in [2.45, 2.75) is 121 Å². The molecule has 0 amide bonds. The van der Waals surface area contributed by atoms with Crippen LogP contribution in [0.25, 0.3) is 0 Å². The fourth-order valence-corrected chi connectivity index (χ4v) is 8.81. The van der Waals surface area contributed by atoms with Crippen molar-refractivity contribution in [1.29, 1.82) is 0 Å². The zero-order chi connectivity index (χ0) is 30.1. The third-order valence-corrected chi connectivity index (χ3v) is 13.7. The van der Waals surface area contributed by atoms with E-state index in [1.165, 1.54) is 43.4 Å². The van der Waals surface area contributed by atoms with E-state index in [-0.39, 0.29) is 16.1 Å². The number of hydrogen-bond acceptors (Lipinski definition) is 4. The van der Waals surface area contributed by atoms with Gasteiger partial charge in [0.25, 0.3) is 0 Å². The van der Waals surface area contributed by atoms with Crippen molar-refractivity contribution < 1.29 is 14.3 Å². The van der Waals surface area contributed by atoms with Crippen molar-refractivity contribution in [2.24, 2.45) is 23.2 Å². The zero-order valence-corrected chi connectivity index (χ0v) is 26.9. The maximum absolute atomic E-state index is 12.5. The van der Waals surface area contributed by atoms with Gasteiger partial charge in [-0.2, -0.15) is 0 Å². The summed E-state index contributed by atoms with van der Waals surface area (Å²) in [6, 6.07) is 6.06. The quantitative estimate of drug-likeness (QED) is 0.398. The Morgan fingerprint density at radius 2 is 1.82 bits per heavy atom. The Bertz CT molecular complexity index is 1030. The molecule has 1 aromatic carbocycles. The largest absolute Gasteiger partial charge is 0.488 e. The number of rotatable bonds is 9. The Labute approximate surface area is 251 Å². The molecule has 216 valence electrons. The molecule has 2 fully saturated rings. The maximum Gasteiger partial charge on any atom is 0.488 e. The summed E-state index contributed by atoms with van der Waals surface area (Å²) in [5.74, 6) is 2.99. The fourth-order valence-electron chi connectivity index (χ4n) is 7.11. The lowest BCUT2D eigenvalue weighted by molar-refractivity contribution is 0.106. The number of fused-ring (bicyclic) bond motifs is 5. The van der Waals surface area contributed by atoms with Gasteiger partial charge in [-0.3, -0.25) is 4.21 Å². The van der Waals surface area contributed by atoms with Gasteiger partial charge in [0.15, 0.2) is 0 Å². The van der Waals surface area contributed by atoms with Crippen molar-refractivity contribution in [3.63, 3.8) is 0 Å². The molecule has 4 rings (SSSR count). The lowest BCUT2D eigenvalue weighted by Gasteiger charge is -2.49. The van der Waals surface area contributed by atoms with Crippen molar-refractivity contribution in [1.82, 2.24) is 5.32 Å². The van der Waals surface area contributed by atoms with E-state index in [2.05, 4.69) is 52.9 Å². The monoisotopic (exact) mass is 561 g/mol. The van der Waals surface area contributed by atoms with Gasteiger partial charge in [-0.05, 0) is 112 Å². The molecule has 1 heterocycles. The molecule has 3 aliphatic rings. The molecular weight excluding hydrogens is 510 g/mol. The first-order valence-corrected chi connectivity index (χ1v) is 16.8. The first-order valence-electron chi connectivity index (χ1n) is 15.4. The highest BCUT2D eigenvalue weighted by Crippen LogP contribution is 2.53. The molecule has 6 radical (unpaired) electrons. The highest BCUT2D eigenvalue weighted by molar-refractivity contribution is 7.86. The van der Waals surface area contributed by atoms with E-state index < -0.39 is 23.0 Å². The summed E-state index contributed by atoms with van der Waals surface area (Å²) in [6.07, 6.45) is 8.85. The van der Waals surface area contributed by atoms with Crippen LogP contribution in [0.2, 0.25) is 5.11 Å². The molecule has 0 bridgehead atoms. The summed E-state index contributed by atoms with van der Waals surface area (Å²) in [4.78, 5) is 0. The van der Waals surface area contributed by atoms with Crippen LogP contribution < -0.4 is 10.8 Å². The van der Waals surface area contributed by atoms with Crippen LogP contribution in [0.3, 0.4) is 0 Å². The molecule has 1 aromatic rings. The molecule has 3 N–H and O–H groups in total. The van der Waals surface area contributed by atoms with Crippen LogP contribution in [0.1, 0.15) is 110 Å². The molecular formula is C31H51B4NO3S. The number of hydrogen-bond donors (Lipinski definition) is 3. The molecule has 1 aliphatic heterocycles. The highest BCUT2D eigenvalue weighted by Gasteiger charge is 2.50. The molecule has 2 aliphatic carbocycles. The summed E-state index contributed by atoms with van der Waals surface area (Å²) in [5.41, 5.74) is 3.87. The summed E-state index contributed by atoms with van der Waals surface area (Å²) >= 11 is 0. The molecule has 0 spiro atoms. The third-order valence-electron chi connectivity index (χ3n) is 11.3. The number of aryl methyl sites for hydroxylation is 1. The zero-order valence-electron chi connectivity index (χ0n) is 26.1. The topological polar surface area (TPSA) is 69.6 Å². The lowest BCUT2D eigenvalue weighted by atomic mass is 9.37. The van der Waals surface area contributed by atoms with Gasteiger partial charge in [0, 0.05) is 26.8 Å². The van der Waals surface area contributed by atoms with E-state index in [1.807, 2.05) is 19.1 Å². The van der Waals surface area contributed by atoms with Crippen molar-refractivity contribution >= 4 is 46.9 Å². The first kappa shape index (κ1) is 34.0. The van der Waals surface area contributed by atoms with Crippen molar-refractivity contribution in [3.05, 3.63) is 29.3 Å². The minimum Gasteiger partial charge on any atom is -0.423 e. The van der Waals surface area contributed by atoms with Gasteiger partial charge in [-0.15, -0.1) is 5.11 Å². The molecule has 0 aromatic heterocycles. The molecule has 1 saturated carbocycles. The standard InChI is InChI=1S/C17H24BNO2.C14H27B3OS/c1-17-8-6-14-13-5-3-12(18(20)21)10-11(13)2-4-15(14)16(17)7-9-19-17;1-7-12(3,4)13(5,6)19(18)10-8-9-11(2)14(15,16)17/h3,5,10,14-16,19-21H,2,4,6-9H2,1H3;11H,7-10H2,1-6H3. The Kier molecular flexibility index (Phi) is 11.1. The Morgan fingerprint density at radius 1 is 1.15 bits per heavy atom. The van der Waals surface area contributed by atoms with Crippen LogP contribution in [0, 0.1) is 23.2 Å². The van der Waals surface area contributed by atoms with Crippen LogP contribution in [0.15, 0.2) is 18.2 Å². The predicted molar refractivity (Wildman–Crippen MR) is 174 cm³/mol. The van der Waals surface area contributed by atoms with Gasteiger partial charge in [-0.25, -0.2) is 0 Å². The van der Waals surface area contributed by atoms with Gasteiger partial charge in [0.2, 0.25) is 0 Å². The van der Waals surface area contributed by atoms with Gasteiger partial charge >= 0.3 is 7.12 Å². The smallest absolute Gasteiger partial charge is 0.423 e. The van der Waals surface area contributed by atoms with E-state index in [4.69, 9.17) is 23.5 Å². The molecule has 1 saturated heterocycles. The van der Waals surface area contributed by atoms with E-state index in [0.29, 0.717) is 22.7 Å². The summed E-state index contributed by atoms with van der Waals surface area (Å²) in [6.45, 7) is 16.2. The second-order valence-corrected chi connectivity index (χ2v) is 16.4. The minimum absolute atomic E-state index is 0.0202. The molecule has 6 atom stereocenters. The van der Waals surface area contributed by atoms with E-state index in [9.17, 15) is 14.3 Å². The molecule has 4 nitrogen and oxygen atoms in total. The van der Waals surface area contributed by atoms with Crippen LogP contribution in [0.5, 0.6) is 0 Å². The molecule has 40 heavy (non-hydrogen) atoms. The molecule has 6 unspecified atom stereocenters. The maximum atomic E-state index is 12.5. The first-order chi connectivity index (χ1) is 18.4. The van der Waals surface area contributed by atoms with Crippen molar-refractivity contribution in [3.8, 4) is 0 Å². The van der Waals surface area contributed by atoms with Crippen LogP contribution in [-0.2, 0) is 17.2 Å². The third kappa shape index (κ3) is 7.34. The van der Waals surface area contributed by atoms with Crippen LogP contribution in [-0.4, -0.2) is 67.5 Å². The van der Waals surface area contributed by atoms with Gasteiger partial charge in [0.05, 0.1) is 23.5 Å². The predicted octanol–water partition coefficient (Wildman–Crippen LogP) is 4.12. The van der Waals surface area contributed by atoms with Crippen molar-refractivity contribution in [2.75, 3.05) is 12.3 Å². The van der Waals surface area contributed by atoms with Crippen LogP contribution in [0.4, 0.5) is 0 Å². The van der Waals surface area contributed by atoms with Gasteiger partial charge in [-0.1, -0.05) is 58.2 Å². The van der Waals surface area contributed by atoms with E-state index in [0.717, 1.165) is 37.5 Å². The second kappa shape index (κ2) is 13.0. The minimum atomic E-state index is -1.35. The summed E-state index contributed by atoms with van der Waals surface area (Å²) in [7, 11) is 14.7. The summed E-state index contributed by atoms with van der Waals surface area (Å²) < 4.78 is 12.3. The lowest BCUT2D eigenvalue weighted by Crippen LogP contribution is -2.50. The average Bonchev–Trinajstić information content (AvgIpc) is 3.29. The van der Waals surface area contributed by atoms with E-state index >= 15 is 0 Å². The number of nitrogens with one attached hydrogen (secondary N) is 1. The Morgan fingerprint density at radius 3 is 2.42 bits per heavy atom. The molecule has 9 heteroatoms. The SMILES string of the molecule is CC12CCC3c4ccc(B(O)O)cc4CCC3C1CCN2.[B]C([B])([B])C(C)CCCS(=O)C(C)(C)C(C)(C)CC. The Hall–Kier alpha value is -0.490. The average molecular weight is 561 g/mol. The Balaban J connectivity index is 0.000000223.